The van der Waals surface area contributed by atoms with Crippen molar-refractivity contribution in [1.82, 2.24) is 4.72 Å². The van der Waals surface area contributed by atoms with Gasteiger partial charge < -0.3 is 9.47 Å². The molecule has 0 saturated carbocycles. The lowest BCUT2D eigenvalue weighted by atomic mass is 10.0. The Kier molecular flexibility index (Phi) is 5.63. The van der Waals surface area contributed by atoms with Gasteiger partial charge in [0.15, 0.2) is 11.5 Å². The highest BCUT2D eigenvalue weighted by molar-refractivity contribution is 7.89. The molecule has 1 unspecified atom stereocenters. The van der Waals surface area contributed by atoms with Gasteiger partial charge in [-0.2, -0.15) is 0 Å². The highest BCUT2D eigenvalue weighted by Crippen LogP contribution is 2.29. The summed E-state index contributed by atoms with van der Waals surface area (Å²) in [6, 6.07) is 14.3. The first kappa shape index (κ1) is 17.3. The molecule has 0 amide bonds. The van der Waals surface area contributed by atoms with Gasteiger partial charge in [0.1, 0.15) is 0 Å². The van der Waals surface area contributed by atoms with Gasteiger partial charge in [-0.25, -0.2) is 13.1 Å². The second-order valence-electron chi connectivity index (χ2n) is 5.18. The normalized spacial score (nSPS) is 12.7. The third-order valence-corrected chi connectivity index (χ3v) is 5.03. The van der Waals surface area contributed by atoms with E-state index < -0.39 is 10.0 Å². The number of hydrogen-bond acceptors (Lipinski definition) is 4. The van der Waals surface area contributed by atoms with Crippen LogP contribution in [0.3, 0.4) is 0 Å². The molecule has 1 atom stereocenters. The molecule has 0 aromatic heterocycles. The maximum Gasteiger partial charge on any atom is 0.240 e. The van der Waals surface area contributed by atoms with Crippen LogP contribution in [0.15, 0.2) is 53.4 Å². The van der Waals surface area contributed by atoms with Crippen LogP contribution in [0.4, 0.5) is 0 Å². The summed E-state index contributed by atoms with van der Waals surface area (Å²) in [6.07, 6.45) is 0. The van der Waals surface area contributed by atoms with Crippen LogP contribution in [0.2, 0.25) is 0 Å². The molecule has 0 aliphatic heterocycles. The van der Waals surface area contributed by atoms with Crippen molar-refractivity contribution in [3.05, 3.63) is 54.1 Å². The Bertz CT molecular complexity index is 744. The summed E-state index contributed by atoms with van der Waals surface area (Å²) in [5.41, 5.74) is 1.09. The molecule has 0 aliphatic carbocycles. The third kappa shape index (κ3) is 4.24. The van der Waals surface area contributed by atoms with Crippen LogP contribution in [0.25, 0.3) is 0 Å². The van der Waals surface area contributed by atoms with Crippen LogP contribution < -0.4 is 14.2 Å². The zero-order valence-electron chi connectivity index (χ0n) is 13.4. The van der Waals surface area contributed by atoms with E-state index in [9.17, 15) is 8.42 Å². The zero-order chi connectivity index (χ0) is 16.9. The summed E-state index contributed by atoms with van der Waals surface area (Å²) in [7, 11) is -0.629. The highest BCUT2D eigenvalue weighted by atomic mass is 32.2. The number of methoxy groups -OCH3 is 2. The lowest BCUT2D eigenvalue weighted by Crippen LogP contribution is -2.27. The lowest BCUT2D eigenvalue weighted by Gasteiger charge is -2.14. The van der Waals surface area contributed by atoms with E-state index >= 15 is 0 Å². The molecule has 0 fully saturated rings. The van der Waals surface area contributed by atoms with Gasteiger partial charge in [0.05, 0.1) is 19.1 Å². The van der Waals surface area contributed by atoms with Gasteiger partial charge in [0.25, 0.3) is 0 Å². The molecule has 5 nitrogen and oxygen atoms in total. The van der Waals surface area contributed by atoms with Crippen molar-refractivity contribution in [3.8, 4) is 11.5 Å². The Morgan fingerprint density at radius 1 is 1.00 bits per heavy atom. The van der Waals surface area contributed by atoms with E-state index in [1.807, 2.05) is 37.3 Å². The van der Waals surface area contributed by atoms with E-state index in [1.165, 1.54) is 26.4 Å². The average Bonchev–Trinajstić information content (AvgIpc) is 2.59. The minimum Gasteiger partial charge on any atom is -0.493 e. The maximum atomic E-state index is 12.4. The standard InChI is InChI=1S/C17H21NO4S/c1-13(14-7-5-4-6-8-14)12-18-23(19,20)15-9-10-16(21-2)17(11-15)22-3/h4-11,13,18H,12H2,1-3H3. The Balaban J connectivity index is 2.13. The minimum atomic E-state index is -3.61. The molecule has 2 aromatic rings. The van der Waals surface area contributed by atoms with E-state index in [1.54, 1.807) is 6.07 Å². The SMILES string of the molecule is COc1ccc(S(=O)(=O)NCC(C)c2ccccc2)cc1OC. The summed E-state index contributed by atoms with van der Waals surface area (Å²) in [5.74, 6) is 0.946. The summed E-state index contributed by atoms with van der Waals surface area (Å²) >= 11 is 0. The van der Waals surface area contributed by atoms with Crippen LogP contribution in [-0.4, -0.2) is 29.2 Å². The molecule has 0 spiro atoms. The van der Waals surface area contributed by atoms with Crippen molar-refractivity contribution in [3.63, 3.8) is 0 Å². The highest BCUT2D eigenvalue weighted by Gasteiger charge is 2.18. The van der Waals surface area contributed by atoms with E-state index in [0.717, 1.165) is 5.56 Å². The Labute approximate surface area is 137 Å². The van der Waals surface area contributed by atoms with Crippen molar-refractivity contribution >= 4 is 10.0 Å². The number of benzene rings is 2. The van der Waals surface area contributed by atoms with Crippen molar-refractivity contribution < 1.29 is 17.9 Å². The van der Waals surface area contributed by atoms with E-state index in [0.29, 0.717) is 18.0 Å². The first-order chi connectivity index (χ1) is 11.0. The zero-order valence-corrected chi connectivity index (χ0v) is 14.3. The topological polar surface area (TPSA) is 64.6 Å². The summed E-state index contributed by atoms with van der Waals surface area (Å²) < 4.78 is 37.8. The summed E-state index contributed by atoms with van der Waals surface area (Å²) in [6.45, 7) is 2.30. The monoisotopic (exact) mass is 335 g/mol. The van der Waals surface area contributed by atoms with Crippen LogP contribution in [0.1, 0.15) is 18.4 Å². The molecule has 0 aliphatic rings. The smallest absolute Gasteiger partial charge is 0.240 e. The van der Waals surface area contributed by atoms with Gasteiger partial charge in [-0.05, 0) is 23.6 Å². The Morgan fingerprint density at radius 2 is 1.65 bits per heavy atom. The predicted octanol–water partition coefficient (Wildman–Crippen LogP) is 2.79. The van der Waals surface area contributed by atoms with Crippen LogP contribution in [0, 0.1) is 0 Å². The lowest BCUT2D eigenvalue weighted by molar-refractivity contribution is 0.354. The number of rotatable bonds is 7. The molecule has 0 heterocycles. The molecule has 2 rings (SSSR count). The maximum absolute atomic E-state index is 12.4. The Hall–Kier alpha value is -2.05. The first-order valence-electron chi connectivity index (χ1n) is 7.24. The first-order valence-corrected chi connectivity index (χ1v) is 8.73. The number of ether oxygens (including phenoxy) is 2. The predicted molar refractivity (Wildman–Crippen MR) is 89.6 cm³/mol. The van der Waals surface area contributed by atoms with Gasteiger partial charge in [-0.1, -0.05) is 37.3 Å². The van der Waals surface area contributed by atoms with Gasteiger partial charge in [-0.3, -0.25) is 0 Å². The molecular weight excluding hydrogens is 314 g/mol. The van der Waals surface area contributed by atoms with E-state index in [4.69, 9.17) is 9.47 Å². The fourth-order valence-electron chi connectivity index (χ4n) is 2.20. The number of hydrogen-bond donors (Lipinski definition) is 1. The number of nitrogens with one attached hydrogen (secondary N) is 1. The average molecular weight is 335 g/mol. The number of sulfonamides is 1. The molecule has 2 aromatic carbocycles. The van der Waals surface area contributed by atoms with Gasteiger partial charge in [0, 0.05) is 12.6 Å². The molecule has 6 heteroatoms. The molecule has 0 saturated heterocycles. The van der Waals surface area contributed by atoms with E-state index in [2.05, 4.69) is 4.72 Å². The molecule has 1 N–H and O–H groups in total. The summed E-state index contributed by atoms with van der Waals surface area (Å²) in [4.78, 5) is 0.149. The van der Waals surface area contributed by atoms with Crippen LogP contribution in [0.5, 0.6) is 11.5 Å². The molecule has 124 valence electrons. The fourth-order valence-corrected chi connectivity index (χ4v) is 3.35. The second-order valence-corrected chi connectivity index (χ2v) is 6.95. The molecule has 0 radical (unpaired) electrons. The quantitative estimate of drug-likeness (QED) is 0.845. The van der Waals surface area contributed by atoms with E-state index in [-0.39, 0.29) is 10.8 Å². The van der Waals surface area contributed by atoms with Crippen molar-refractivity contribution in [1.29, 1.82) is 0 Å². The van der Waals surface area contributed by atoms with Crippen molar-refractivity contribution in [2.45, 2.75) is 17.7 Å². The van der Waals surface area contributed by atoms with Gasteiger partial charge in [-0.15, -0.1) is 0 Å². The second kappa shape index (κ2) is 7.48. The summed E-state index contributed by atoms with van der Waals surface area (Å²) in [5, 5.41) is 0. The van der Waals surface area contributed by atoms with Gasteiger partial charge >= 0.3 is 0 Å². The van der Waals surface area contributed by atoms with Crippen molar-refractivity contribution in [2.24, 2.45) is 0 Å². The Morgan fingerprint density at radius 3 is 2.26 bits per heavy atom. The third-order valence-electron chi connectivity index (χ3n) is 3.61. The van der Waals surface area contributed by atoms with Crippen LogP contribution in [-0.2, 0) is 10.0 Å². The molecule has 0 bridgehead atoms. The van der Waals surface area contributed by atoms with Gasteiger partial charge in [0.2, 0.25) is 10.0 Å². The minimum absolute atomic E-state index is 0.0751. The molecule has 23 heavy (non-hydrogen) atoms. The van der Waals surface area contributed by atoms with Crippen molar-refractivity contribution in [2.75, 3.05) is 20.8 Å². The largest absolute Gasteiger partial charge is 0.493 e. The fraction of sp³-hybridized carbons (Fsp3) is 0.294. The van der Waals surface area contributed by atoms with Crippen LogP contribution >= 0.6 is 0 Å². The molecular formula is C17H21NO4S.